The molecule has 0 bridgehead atoms. The molecule has 0 atom stereocenters. The van der Waals surface area contributed by atoms with Gasteiger partial charge in [0.15, 0.2) is 5.82 Å². The minimum absolute atomic E-state index is 0.0130. The van der Waals surface area contributed by atoms with Crippen molar-refractivity contribution in [1.29, 1.82) is 0 Å². The van der Waals surface area contributed by atoms with E-state index in [1.54, 1.807) is 30.5 Å². The predicted octanol–water partition coefficient (Wildman–Crippen LogP) is 2.75. The Hall–Kier alpha value is -4.14. The summed E-state index contributed by atoms with van der Waals surface area (Å²) in [5, 5.41) is 30.1. The molecule has 134 valence electrons. The molecule has 0 amide bonds. The van der Waals surface area contributed by atoms with Gasteiger partial charge in [-0.1, -0.05) is 12.1 Å². The lowest BCUT2D eigenvalue weighted by Gasteiger charge is -2.13. The van der Waals surface area contributed by atoms with E-state index in [1.807, 2.05) is 6.07 Å². The fraction of sp³-hybridized carbons (Fsp3) is 0. The SMILES string of the molecule is Nc1nc(Nc2ccc3[nH]ncc3c2)c(C(=O)O)c(-c2cccc(O)c2)n1. The molecule has 4 aromatic rings. The first-order chi connectivity index (χ1) is 13.0. The van der Waals surface area contributed by atoms with E-state index in [2.05, 4.69) is 25.5 Å². The van der Waals surface area contributed by atoms with Gasteiger partial charge in [-0.25, -0.2) is 9.78 Å². The van der Waals surface area contributed by atoms with Crippen LogP contribution < -0.4 is 11.1 Å². The van der Waals surface area contributed by atoms with Crippen LogP contribution in [0.1, 0.15) is 10.4 Å². The maximum atomic E-state index is 11.9. The van der Waals surface area contributed by atoms with Crippen LogP contribution in [0.15, 0.2) is 48.7 Å². The van der Waals surface area contributed by atoms with Gasteiger partial charge < -0.3 is 21.3 Å². The normalized spacial score (nSPS) is 10.8. The minimum Gasteiger partial charge on any atom is -0.508 e. The zero-order valence-electron chi connectivity index (χ0n) is 13.8. The molecule has 9 nitrogen and oxygen atoms in total. The zero-order valence-corrected chi connectivity index (χ0v) is 13.8. The average molecular weight is 362 g/mol. The lowest BCUT2D eigenvalue weighted by atomic mass is 10.1. The summed E-state index contributed by atoms with van der Waals surface area (Å²) >= 11 is 0. The van der Waals surface area contributed by atoms with E-state index in [0.29, 0.717) is 11.3 Å². The molecule has 6 N–H and O–H groups in total. The number of carboxylic acids is 1. The molecule has 0 saturated carbocycles. The van der Waals surface area contributed by atoms with Crippen LogP contribution >= 0.6 is 0 Å². The van der Waals surface area contributed by atoms with Crippen molar-refractivity contribution >= 4 is 34.3 Å². The number of nitrogens with two attached hydrogens (primary N) is 1. The largest absolute Gasteiger partial charge is 0.508 e. The molecule has 0 saturated heterocycles. The van der Waals surface area contributed by atoms with Crippen LogP contribution in [0.4, 0.5) is 17.5 Å². The number of phenolic OH excluding ortho intramolecular Hbond substituents is 1. The Labute approximate surface area is 152 Å². The van der Waals surface area contributed by atoms with E-state index < -0.39 is 5.97 Å². The zero-order chi connectivity index (χ0) is 19.0. The number of H-pyrrole nitrogens is 1. The molecule has 2 aromatic heterocycles. The quantitative estimate of drug-likeness (QED) is 0.372. The molecule has 0 aliphatic heterocycles. The number of aromatic carboxylic acids is 1. The van der Waals surface area contributed by atoms with Crippen LogP contribution in [0.2, 0.25) is 0 Å². The number of anilines is 3. The smallest absolute Gasteiger partial charge is 0.341 e. The summed E-state index contributed by atoms with van der Waals surface area (Å²) < 4.78 is 0. The Morgan fingerprint density at radius 2 is 2.00 bits per heavy atom. The summed E-state index contributed by atoms with van der Waals surface area (Å²) in [6, 6.07) is 11.5. The highest BCUT2D eigenvalue weighted by Crippen LogP contribution is 2.31. The summed E-state index contributed by atoms with van der Waals surface area (Å²) in [5.74, 6) is -1.28. The van der Waals surface area contributed by atoms with E-state index in [0.717, 1.165) is 10.9 Å². The van der Waals surface area contributed by atoms with Crippen LogP contribution in [-0.4, -0.2) is 36.3 Å². The number of carbonyl (C=O) groups is 1. The third-order valence-electron chi connectivity index (χ3n) is 3.96. The van der Waals surface area contributed by atoms with Gasteiger partial charge in [-0.05, 0) is 30.3 Å². The molecule has 0 spiro atoms. The second kappa shape index (κ2) is 6.30. The number of carboxylic acid groups (broad SMARTS) is 1. The lowest BCUT2D eigenvalue weighted by Crippen LogP contribution is -2.11. The minimum atomic E-state index is -1.22. The number of aromatic amines is 1. The van der Waals surface area contributed by atoms with E-state index in [1.165, 1.54) is 12.1 Å². The second-order valence-electron chi connectivity index (χ2n) is 5.81. The van der Waals surface area contributed by atoms with E-state index >= 15 is 0 Å². The number of fused-ring (bicyclic) bond motifs is 1. The highest BCUT2D eigenvalue weighted by atomic mass is 16.4. The van der Waals surface area contributed by atoms with Gasteiger partial charge in [0, 0.05) is 16.6 Å². The highest BCUT2D eigenvalue weighted by molar-refractivity contribution is 6.01. The Morgan fingerprint density at radius 1 is 1.15 bits per heavy atom. The first-order valence-electron chi connectivity index (χ1n) is 7.91. The molecule has 0 fully saturated rings. The number of aromatic hydroxyl groups is 1. The number of nitrogens with one attached hydrogen (secondary N) is 2. The van der Waals surface area contributed by atoms with Crippen molar-refractivity contribution in [2.75, 3.05) is 11.1 Å². The van der Waals surface area contributed by atoms with Crippen LogP contribution in [0.3, 0.4) is 0 Å². The molecule has 4 rings (SSSR count). The van der Waals surface area contributed by atoms with E-state index in [9.17, 15) is 15.0 Å². The van der Waals surface area contributed by atoms with Crippen LogP contribution in [0.25, 0.3) is 22.2 Å². The van der Waals surface area contributed by atoms with Crippen molar-refractivity contribution in [3.8, 4) is 17.0 Å². The standard InChI is InChI=1S/C18H14N6O3/c19-18-22-15(9-2-1-3-12(25)7-9)14(17(26)27)16(23-18)21-11-4-5-13-10(6-11)8-20-24-13/h1-8,25H,(H,20,24)(H,26,27)(H3,19,21,22,23). The lowest BCUT2D eigenvalue weighted by molar-refractivity contribution is 0.0698. The van der Waals surface area contributed by atoms with Gasteiger partial charge in [0.25, 0.3) is 0 Å². The Bertz CT molecular complexity index is 1170. The van der Waals surface area contributed by atoms with Gasteiger partial charge in [0.05, 0.1) is 17.4 Å². The molecule has 2 aromatic carbocycles. The Morgan fingerprint density at radius 3 is 2.78 bits per heavy atom. The first-order valence-corrected chi connectivity index (χ1v) is 7.91. The highest BCUT2D eigenvalue weighted by Gasteiger charge is 2.22. The molecule has 27 heavy (non-hydrogen) atoms. The average Bonchev–Trinajstić information content (AvgIpc) is 3.08. The van der Waals surface area contributed by atoms with Gasteiger partial charge in [-0.3, -0.25) is 5.10 Å². The molecule has 0 radical (unpaired) electrons. The maximum absolute atomic E-state index is 11.9. The topological polar surface area (TPSA) is 150 Å². The van der Waals surface area contributed by atoms with Crippen LogP contribution in [-0.2, 0) is 0 Å². The van der Waals surface area contributed by atoms with Gasteiger partial charge in [-0.2, -0.15) is 10.1 Å². The van der Waals surface area contributed by atoms with Crippen LogP contribution in [0, 0.1) is 0 Å². The first kappa shape index (κ1) is 16.3. The maximum Gasteiger partial charge on any atom is 0.341 e. The second-order valence-corrected chi connectivity index (χ2v) is 5.81. The number of phenols is 1. The summed E-state index contributed by atoms with van der Waals surface area (Å²) in [4.78, 5) is 20.1. The van der Waals surface area contributed by atoms with E-state index in [4.69, 9.17) is 5.73 Å². The Kier molecular flexibility index (Phi) is 3.81. The van der Waals surface area contributed by atoms with Crippen molar-refractivity contribution in [2.45, 2.75) is 0 Å². The number of nitrogens with zero attached hydrogens (tertiary/aromatic N) is 3. The predicted molar refractivity (Wildman–Crippen MR) is 99.9 cm³/mol. The summed E-state index contributed by atoms with van der Waals surface area (Å²) in [6.07, 6.45) is 1.66. The van der Waals surface area contributed by atoms with Crippen molar-refractivity contribution in [3.63, 3.8) is 0 Å². The van der Waals surface area contributed by atoms with Gasteiger partial charge in [0.2, 0.25) is 5.95 Å². The number of aromatic nitrogens is 4. The summed E-state index contributed by atoms with van der Waals surface area (Å²) in [6.45, 7) is 0. The monoisotopic (exact) mass is 362 g/mol. The van der Waals surface area contributed by atoms with Crippen molar-refractivity contribution in [3.05, 3.63) is 54.2 Å². The number of rotatable bonds is 4. The summed E-state index contributed by atoms with van der Waals surface area (Å²) in [7, 11) is 0. The third kappa shape index (κ3) is 3.09. The molecule has 0 aliphatic carbocycles. The molecule has 9 heteroatoms. The fourth-order valence-electron chi connectivity index (χ4n) is 2.79. The van der Waals surface area contributed by atoms with Crippen molar-refractivity contribution in [2.24, 2.45) is 0 Å². The molecular weight excluding hydrogens is 348 g/mol. The molecule has 0 aliphatic rings. The third-order valence-corrected chi connectivity index (χ3v) is 3.96. The number of hydrogen-bond acceptors (Lipinski definition) is 7. The van der Waals surface area contributed by atoms with E-state index in [-0.39, 0.29) is 28.8 Å². The number of nitrogen functional groups attached to an aromatic ring is 1. The fourth-order valence-corrected chi connectivity index (χ4v) is 2.79. The van der Waals surface area contributed by atoms with Crippen LogP contribution in [0.5, 0.6) is 5.75 Å². The Balaban J connectivity index is 1.85. The van der Waals surface area contributed by atoms with Crippen molar-refractivity contribution in [1.82, 2.24) is 20.2 Å². The summed E-state index contributed by atoms with van der Waals surface area (Å²) in [5.41, 5.74) is 7.63. The van der Waals surface area contributed by atoms with Crippen molar-refractivity contribution < 1.29 is 15.0 Å². The molecular formula is C18H14N6O3. The molecule has 0 unspecified atom stereocenters. The van der Waals surface area contributed by atoms with Gasteiger partial charge >= 0.3 is 5.97 Å². The van der Waals surface area contributed by atoms with Gasteiger partial charge in [-0.15, -0.1) is 0 Å². The number of benzene rings is 2. The number of hydrogen-bond donors (Lipinski definition) is 5. The van der Waals surface area contributed by atoms with Gasteiger partial charge in [0.1, 0.15) is 11.3 Å². The molecule has 2 heterocycles.